The summed E-state index contributed by atoms with van der Waals surface area (Å²) in [7, 11) is -0.815. The minimum atomic E-state index is -4.55. The van der Waals surface area contributed by atoms with Gasteiger partial charge in [-0.3, -0.25) is 4.68 Å². The Kier molecular flexibility index (Phi) is 11.2. The molecule has 45 heavy (non-hydrogen) atoms. The monoisotopic (exact) mass is 676 g/mol. The van der Waals surface area contributed by atoms with Crippen LogP contribution < -0.4 is 0 Å². The minimum Gasteiger partial charge on any atom is -0.390 e. The second-order valence-corrected chi connectivity index (χ2v) is 15.7. The van der Waals surface area contributed by atoms with Crippen LogP contribution in [0.1, 0.15) is 48.9 Å². The van der Waals surface area contributed by atoms with E-state index in [0.717, 1.165) is 53.8 Å². The number of likely N-dealkylation sites (tertiary alicyclic amines) is 2. The lowest BCUT2D eigenvalue weighted by molar-refractivity contribution is -0.139. The molecule has 3 aliphatic heterocycles. The minimum absolute atomic E-state index is 0.0292. The van der Waals surface area contributed by atoms with Gasteiger partial charge in [0.25, 0.3) is 10.2 Å². The first-order valence-electron chi connectivity index (χ1n) is 15.7. The average Bonchev–Trinajstić information content (AvgIpc) is 3.35. The molecule has 0 aliphatic carbocycles. The summed E-state index contributed by atoms with van der Waals surface area (Å²) < 4.78 is 86.1. The van der Waals surface area contributed by atoms with Crippen LogP contribution in [0, 0.1) is 0 Å². The highest BCUT2D eigenvalue weighted by atomic mass is 32.2. The highest BCUT2D eigenvalue weighted by Gasteiger charge is 2.36. The predicted octanol–water partition coefficient (Wildman–Crippen LogP) is 4.11. The van der Waals surface area contributed by atoms with E-state index >= 15 is 0 Å². The number of halogens is 4. The number of piperidine rings is 2. The third kappa shape index (κ3) is 8.40. The SMILES string of the molecule is CN(C)S(=O)(=O)N1CCc2c(c(-c3ccc(C(F)(F)F)c(SCCN4CCC(F)CC4)c3)nn2C[C@H](O)CN2CCCCC2)C1. The highest BCUT2D eigenvalue weighted by Crippen LogP contribution is 2.40. The Labute approximate surface area is 267 Å². The van der Waals surface area contributed by atoms with E-state index in [0.29, 0.717) is 68.0 Å². The number of nitrogens with zero attached hydrogens (tertiary/aromatic N) is 6. The number of aliphatic hydroxyl groups excluding tert-OH is 1. The van der Waals surface area contributed by atoms with Gasteiger partial charge in [-0.2, -0.15) is 35.3 Å². The van der Waals surface area contributed by atoms with Crippen LogP contribution in [-0.4, -0.2) is 120 Å². The lowest BCUT2D eigenvalue weighted by atomic mass is 10.0. The molecule has 1 atom stereocenters. The Bertz CT molecular complexity index is 1410. The fourth-order valence-corrected chi connectivity index (χ4v) is 8.60. The molecular formula is C30H44F4N6O3S2. The van der Waals surface area contributed by atoms with Crippen LogP contribution in [0.3, 0.4) is 0 Å². The summed E-state index contributed by atoms with van der Waals surface area (Å²) in [5.74, 6) is 0.410. The number of β-amino-alcohol motifs (C(OH)–C–C–N with tert-alkyl or cyclic N) is 1. The Hall–Kier alpha value is -1.75. The first-order valence-corrected chi connectivity index (χ1v) is 18.1. The average molecular weight is 677 g/mol. The van der Waals surface area contributed by atoms with Gasteiger partial charge in [0.15, 0.2) is 0 Å². The highest BCUT2D eigenvalue weighted by molar-refractivity contribution is 7.99. The predicted molar refractivity (Wildman–Crippen MR) is 167 cm³/mol. The van der Waals surface area contributed by atoms with Crippen LogP contribution in [0.2, 0.25) is 0 Å². The maximum absolute atomic E-state index is 14.1. The van der Waals surface area contributed by atoms with Crippen molar-refractivity contribution in [2.45, 2.75) is 75.0 Å². The second-order valence-electron chi connectivity index (χ2n) is 12.4. The molecule has 9 nitrogen and oxygen atoms in total. The lowest BCUT2D eigenvalue weighted by Gasteiger charge is -2.30. The quantitative estimate of drug-likeness (QED) is 0.284. The van der Waals surface area contributed by atoms with Crippen LogP contribution in [-0.2, 0) is 35.9 Å². The molecule has 2 saturated heterocycles. The van der Waals surface area contributed by atoms with Crippen molar-refractivity contribution >= 4 is 22.0 Å². The summed E-state index contributed by atoms with van der Waals surface area (Å²) in [5, 5.41) is 15.8. The third-order valence-corrected chi connectivity index (χ3v) is 11.9. The summed E-state index contributed by atoms with van der Waals surface area (Å²) in [6.45, 7) is 4.55. The number of fused-ring (bicyclic) bond motifs is 1. The Morgan fingerprint density at radius 3 is 2.42 bits per heavy atom. The number of benzene rings is 1. The summed E-state index contributed by atoms with van der Waals surface area (Å²) in [6.07, 6.45) is -1.47. The van der Waals surface area contributed by atoms with Gasteiger partial charge in [-0.05, 0) is 50.9 Å². The van der Waals surface area contributed by atoms with Gasteiger partial charge >= 0.3 is 6.18 Å². The zero-order chi connectivity index (χ0) is 32.4. The standard InChI is InChI=1S/C30H44F4N6O3S2/c1-36(2)45(42,43)39-15-10-27-25(21-39)29(35-40(27)20-24(41)19-38-11-4-3-5-12-38)22-6-7-26(30(32,33)34)28(18-22)44-17-16-37-13-8-23(31)9-14-37/h6-7,18,23-24,41H,3-5,8-17,19-21H2,1-2H3/t24-/m1/s1. The molecule has 252 valence electrons. The Morgan fingerprint density at radius 2 is 1.76 bits per heavy atom. The van der Waals surface area contributed by atoms with Crippen LogP contribution in [0.5, 0.6) is 0 Å². The van der Waals surface area contributed by atoms with E-state index in [9.17, 15) is 31.1 Å². The molecule has 3 aliphatic rings. The van der Waals surface area contributed by atoms with E-state index in [-0.39, 0.29) is 24.5 Å². The molecule has 4 heterocycles. The van der Waals surface area contributed by atoms with Crippen molar-refractivity contribution in [3.63, 3.8) is 0 Å². The Morgan fingerprint density at radius 1 is 1.04 bits per heavy atom. The fourth-order valence-electron chi connectivity index (χ4n) is 6.41. The van der Waals surface area contributed by atoms with E-state index in [1.165, 1.54) is 37.0 Å². The molecule has 0 amide bonds. The van der Waals surface area contributed by atoms with E-state index < -0.39 is 34.2 Å². The molecule has 0 radical (unpaired) electrons. The largest absolute Gasteiger partial charge is 0.417 e. The van der Waals surface area contributed by atoms with E-state index in [4.69, 9.17) is 5.10 Å². The molecule has 2 fully saturated rings. The molecule has 1 aromatic carbocycles. The number of aliphatic hydroxyl groups is 1. The van der Waals surface area contributed by atoms with Crippen molar-refractivity contribution in [1.29, 1.82) is 0 Å². The van der Waals surface area contributed by atoms with Gasteiger partial charge in [-0.1, -0.05) is 12.5 Å². The Balaban J connectivity index is 1.44. The van der Waals surface area contributed by atoms with Crippen molar-refractivity contribution in [3.8, 4) is 11.3 Å². The number of hydrogen-bond acceptors (Lipinski definition) is 7. The molecule has 1 N–H and O–H groups in total. The van der Waals surface area contributed by atoms with Gasteiger partial charge in [0, 0.05) is 87.3 Å². The van der Waals surface area contributed by atoms with Crippen LogP contribution in [0.25, 0.3) is 11.3 Å². The van der Waals surface area contributed by atoms with Gasteiger partial charge < -0.3 is 14.9 Å². The van der Waals surface area contributed by atoms with Crippen molar-refractivity contribution in [2.24, 2.45) is 0 Å². The molecular weight excluding hydrogens is 632 g/mol. The molecule has 0 spiro atoms. The van der Waals surface area contributed by atoms with E-state index in [2.05, 4.69) is 9.80 Å². The third-order valence-electron chi connectivity index (χ3n) is 8.93. The number of aromatic nitrogens is 2. The number of thioether (sulfide) groups is 1. The first-order chi connectivity index (χ1) is 21.3. The summed E-state index contributed by atoms with van der Waals surface area (Å²) in [5.41, 5.74) is 1.59. The molecule has 1 aromatic heterocycles. The zero-order valence-electron chi connectivity index (χ0n) is 26.0. The van der Waals surface area contributed by atoms with E-state index in [1.54, 1.807) is 4.68 Å². The van der Waals surface area contributed by atoms with Crippen LogP contribution in [0.15, 0.2) is 23.1 Å². The van der Waals surface area contributed by atoms with Gasteiger partial charge in [0.05, 0.1) is 23.9 Å². The summed E-state index contributed by atoms with van der Waals surface area (Å²) in [4.78, 5) is 4.38. The molecule has 0 bridgehead atoms. The molecule has 2 aromatic rings. The molecule has 0 saturated carbocycles. The van der Waals surface area contributed by atoms with E-state index in [1.807, 2.05) is 0 Å². The number of rotatable bonds is 11. The van der Waals surface area contributed by atoms with Crippen molar-refractivity contribution in [3.05, 3.63) is 35.0 Å². The second kappa shape index (κ2) is 14.6. The van der Waals surface area contributed by atoms with Gasteiger partial charge in [-0.25, -0.2) is 4.39 Å². The van der Waals surface area contributed by atoms with Crippen molar-refractivity contribution in [2.75, 3.05) is 65.7 Å². The van der Waals surface area contributed by atoms with Crippen LogP contribution >= 0.6 is 11.8 Å². The maximum Gasteiger partial charge on any atom is 0.417 e. The smallest absolute Gasteiger partial charge is 0.390 e. The lowest BCUT2D eigenvalue weighted by Crippen LogP contribution is -2.43. The normalized spacial score (nSPS) is 20.5. The van der Waals surface area contributed by atoms with Gasteiger partial charge in [-0.15, -0.1) is 11.8 Å². The zero-order valence-corrected chi connectivity index (χ0v) is 27.6. The molecule has 5 rings (SSSR count). The maximum atomic E-state index is 14.1. The molecule has 0 unspecified atom stereocenters. The summed E-state index contributed by atoms with van der Waals surface area (Å²) in [6, 6.07) is 3.97. The number of hydrogen-bond donors (Lipinski definition) is 1. The first kappa shape index (κ1) is 34.6. The fraction of sp³-hybridized carbons (Fsp3) is 0.700. The van der Waals surface area contributed by atoms with Crippen LogP contribution in [0.4, 0.5) is 17.6 Å². The van der Waals surface area contributed by atoms with Crippen molar-refractivity contribution < 1.29 is 31.1 Å². The topological polar surface area (TPSA) is 85.2 Å². The van der Waals surface area contributed by atoms with Gasteiger partial charge in [0.2, 0.25) is 0 Å². The van der Waals surface area contributed by atoms with Crippen molar-refractivity contribution in [1.82, 2.24) is 28.2 Å². The summed E-state index contributed by atoms with van der Waals surface area (Å²) >= 11 is 1.11. The van der Waals surface area contributed by atoms with Gasteiger partial charge in [0.1, 0.15) is 6.17 Å². The molecule has 15 heteroatoms. The number of alkyl halides is 4.